The zero-order valence-electron chi connectivity index (χ0n) is 20.0. The second-order valence-electron chi connectivity index (χ2n) is 9.72. The molecule has 0 radical (unpaired) electrons. The highest BCUT2D eigenvalue weighted by atomic mass is 35.5. The van der Waals surface area contributed by atoms with E-state index >= 15 is 0 Å². The van der Waals surface area contributed by atoms with Gasteiger partial charge in [-0.2, -0.15) is 21.4 Å². The SMILES string of the molecule is O=S(=O)(O)CCC[n+]1c(CC2Sc3ccc4ccccc4c3[N+]23CCC3S(=O)(=O)O)sc2ccc(Cl)cc21. The van der Waals surface area contributed by atoms with Crippen LogP contribution in [0.25, 0.3) is 21.0 Å². The van der Waals surface area contributed by atoms with E-state index in [1.165, 1.54) is 0 Å². The van der Waals surface area contributed by atoms with Gasteiger partial charge in [0.15, 0.2) is 17.6 Å². The second kappa shape index (κ2) is 9.41. The molecule has 200 valence electrons. The van der Waals surface area contributed by atoms with E-state index in [1.54, 1.807) is 29.2 Å². The summed E-state index contributed by atoms with van der Waals surface area (Å²) in [7, 11) is -8.43. The Kier molecular flexibility index (Phi) is 6.55. The highest BCUT2D eigenvalue weighted by Crippen LogP contribution is 2.58. The molecule has 2 N–H and O–H groups in total. The average Bonchev–Trinajstić information content (AvgIpc) is 3.33. The van der Waals surface area contributed by atoms with E-state index in [2.05, 4.69) is 0 Å². The number of rotatable bonds is 7. The maximum absolute atomic E-state index is 12.6. The van der Waals surface area contributed by atoms with Gasteiger partial charge in [0.2, 0.25) is 15.9 Å². The number of aromatic nitrogens is 1. The van der Waals surface area contributed by atoms with Crippen LogP contribution in [0.3, 0.4) is 0 Å². The number of thioether (sulfide) groups is 1. The number of fused-ring (bicyclic) bond motifs is 5. The van der Waals surface area contributed by atoms with Crippen molar-refractivity contribution < 1.29 is 30.5 Å². The number of halogens is 1. The molecule has 0 amide bonds. The molecule has 1 spiro atoms. The lowest BCUT2D eigenvalue weighted by Crippen LogP contribution is -2.72. The molecule has 8 nitrogen and oxygen atoms in total. The summed E-state index contributed by atoms with van der Waals surface area (Å²) < 4.78 is 70.7. The third-order valence-electron chi connectivity index (χ3n) is 7.53. The summed E-state index contributed by atoms with van der Waals surface area (Å²) in [6, 6.07) is 17.5. The van der Waals surface area contributed by atoms with Crippen LogP contribution in [0.2, 0.25) is 5.02 Å². The Morgan fingerprint density at radius 2 is 1.84 bits per heavy atom. The van der Waals surface area contributed by atoms with Crippen molar-refractivity contribution in [3.05, 3.63) is 64.6 Å². The maximum atomic E-state index is 12.6. The van der Waals surface area contributed by atoms with E-state index in [0.29, 0.717) is 31.0 Å². The van der Waals surface area contributed by atoms with E-state index in [9.17, 15) is 25.9 Å². The minimum atomic E-state index is -4.32. The van der Waals surface area contributed by atoms with E-state index < -0.39 is 25.6 Å². The fourth-order valence-corrected chi connectivity index (χ4v) is 10.8. The molecule has 3 unspecified atom stereocenters. The van der Waals surface area contributed by atoms with Crippen molar-refractivity contribution in [3.63, 3.8) is 0 Å². The van der Waals surface area contributed by atoms with Crippen LogP contribution in [0.5, 0.6) is 0 Å². The van der Waals surface area contributed by atoms with Crippen molar-refractivity contribution in [2.24, 2.45) is 0 Å². The van der Waals surface area contributed by atoms with E-state index in [-0.39, 0.29) is 22.0 Å². The van der Waals surface area contributed by atoms with Gasteiger partial charge in [-0.3, -0.25) is 13.6 Å². The van der Waals surface area contributed by atoms with Gasteiger partial charge in [-0.1, -0.05) is 59.0 Å². The highest BCUT2D eigenvalue weighted by molar-refractivity contribution is 8.00. The number of aryl methyl sites for hydroxylation is 1. The molecule has 3 atom stereocenters. The maximum Gasteiger partial charge on any atom is 0.320 e. The predicted octanol–water partition coefficient (Wildman–Crippen LogP) is 4.87. The third-order valence-corrected chi connectivity index (χ3v) is 12.5. The molecule has 3 heterocycles. The quantitative estimate of drug-likeness (QED) is 0.174. The van der Waals surface area contributed by atoms with E-state index in [1.807, 2.05) is 53.1 Å². The van der Waals surface area contributed by atoms with Gasteiger partial charge >= 0.3 is 10.1 Å². The molecule has 3 aromatic carbocycles. The Hall–Kier alpha value is -1.77. The Balaban J connectivity index is 1.46. The van der Waals surface area contributed by atoms with Crippen LogP contribution in [0.15, 0.2) is 59.5 Å². The van der Waals surface area contributed by atoms with E-state index in [4.69, 9.17) is 11.6 Å². The monoisotopic (exact) mass is 612 g/mol. The number of hydrogen-bond donors (Lipinski definition) is 2. The summed E-state index contributed by atoms with van der Waals surface area (Å²) >= 11 is 9.48. The molecule has 6 rings (SSSR count). The number of thiazole rings is 1. The molecule has 1 saturated heterocycles. The van der Waals surface area contributed by atoms with Crippen molar-refractivity contribution in [1.82, 2.24) is 4.48 Å². The first-order valence-electron chi connectivity index (χ1n) is 12.1. The van der Waals surface area contributed by atoms with Crippen LogP contribution < -0.4 is 9.05 Å². The first-order valence-corrected chi connectivity index (χ1v) is 17.2. The predicted molar refractivity (Wildman–Crippen MR) is 152 cm³/mol. The van der Waals surface area contributed by atoms with Gasteiger partial charge in [0.05, 0.1) is 23.6 Å². The Morgan fingerprint density at radius 3 is 2.55 bits per heavy atom. The lowest BCUT2D eigenvalue weighted by Gasteiger charge is -2.50. The molecule has 0 bridgehead atoms. The molecular weight excluding hydrogens is 588 g/mol. The summed E-state index contributed by atoms with van der Waals surface area (Å²) in [5, 5.41) is 2.33. The number of nitrogens with zero attached hydrogens (tertiary/aromatic N) is 2. The molecular formula is C25H25ClN2O6S4+2. The molecule has 38 heavy (non-hydrogen) atoms. The molecule has 0 saturated carbocycles. The second-order valence-corrected chi connectivity index (χ2v) is 15.6. The molecule has 0 aliphatic carbocycles. The minimum Gasteiger partial charge on any atom is -0.286 e. The van der Waals surface area contributed by atoms with Crippen LogP contribution >= 0.6 is 34.7 Å². The third kappa shape index (κ3) is 4.44. The zero-order chi connectivity index (χ0) is 26.9. The fraction of sp³-hybridized carbons (Fsp3) is 0.320. The van der Waals surface area contributed by atoms with Gasteiger partial charge in [-0.25, -0.2) is 0 Å². The Bertz CT molecular complexity index is 1810. The van der Waals surface area contributed by atoms with Gasteiger partial charge in [-0.15, -0.1) is 0 Å². The van der Waals surface area contributed by atoms with Crippen molar-refractivity contribution >= 4 is 81.6 Å². The standard InChI is InChI=1S/C25H23ClN2O6S4/c26-17-7-9-20-19(14-17)27(11-3-13-37(29,30)31)22(35-20)15-23-28(12-10-24(28)38(32,33)34)25-18-5-2-1-4-16(18)6-8-21(25)36-23/h1-2,4-9,14,23-24H,3,10-13,15H2/p+2. The molecule has 4 aromatic rings. The summed E-state index contributed by atoms with van der Waals surface area (Å²) in [6.07, 6.45) is 1.09. The fourth-order valence-electron chi connectivity index (χ4n) is 5.89. The lowest BCUT2D eigenvalue weighted by molar-refractivity contribution is -0.674. The van der Waals surface area contributed by atoms with Crippen LogP contribution in [-0.4, -0.2) is 49.0 Å². The van der Waals surface area contributed by atoms with E-state index in [0.717, 1.165) is 36.6 Å². The Morgan fingerprint density at radius 1 is 1.05 bits per heavy atom. The molecule has 2 aliphatic rings. The molecule has 13 heteroatoms. The lowest BCUT2D eigenvalue weighted by atomic mass is 10.0. The summed E-state index contributed by atoms with van der Waals surface area (Å²) in [6.45, 7) is 0.938. The highest BCUT2D eigenvalue weighted by Gasteiger charge is 2.64. The van der Waals surface area contributed by atoms with Gasteiger partial charge in [0.1, 0.15) is 11.1 Å². The van der Waals surface area contributed by atoms with Crippen molar-refractivity contribution in [2.75, 3.05) is 12.3 Å². The normalized spacial score (nSPS) is 23.2. The van der Waals surface area contributed by atoms with Gasteiger partial charge in [0.25, 0.3) is 10.1 Å². The summed E-state index contributed by atoms with van der Waals surface area (Å²) in [4.78, 5) is 1.00. The summed E-state index contributed by atoms with van der Waals surface area (Å²) in [5.74, 6) is -0.363. The molecule has 1 fully saturated rings. The first kappa shape index (κ1) is 26.5. The molecule has 2 aliphatic heterocycles. The van der Waals surface area contributed by atoms with Crippen LogP contribution in [0.4, 0.5) is 5.69 Å². The van der Waals surface area contributed by atoms with Gasteiger partial charge < -0.3 is 0 Å². The number of hydrogen-bond acceptors (Lipinski definition) is 6. The first-order chi connectivity index (χ1) is 18.0. The zero-order valence-corrected chi connectivity index (χ0v) is 24.0. The van der Waals surface area contributed by atoms with Crippen LogP contribution in [0, 0.1) is 0 Å². The minimum absolute atomic E-state index is 0.153. The topological polar surface area (TPSA) is 113 Å². The average molecular weight is 613 g/mol. The summed E-state index contributed by atoms with van der Waals surface area (Å²) in [5.41, 5.74) is 1.80. The van der Waals surface area contributed by atoms with Crippen molar-refractivity contribution in [1.29, 1.82) is 0 Å². The van der Waals surface area contributed by atoms with Crippen LogP contribution in [0.1, 0.15) is 17.8 Å². The molecule has 1 aromatic heterocycles. The van der Waals surface area contributed by atoms with Gasteiger partial charge in [-0.05, 0) is 29.7 Å². The van der Waals surface area contributed by atoms with Crippen molar-refractivity contribution in [2.45, 2.75) is 41.5 Å². The van der Waals surface area contributed by atoms with Crippen molar-refractivity contribution in [3.8, 4) is 0 Å². The smallest absolute Gasteiger partial charge is 0.286 e. The van der Waals surface area contributed by atoms with Gasteiger partial charge in [0, 0.05) is 22.9 Å². The Labute approximate surface area is 233 Å². The van der Waals surface area contributed by atoms with Crippen LogP contribution in [-0.2, 0) is 33.2 Å². The number of benzene rings is 3. The number of quaternary nitrogens is 1. The largest absolute Gasteiger partial charge is 0.320 e.